The van der Waals surface area contributed by atoms with Crippen molar-refractivity contribution in [3.05, 3.63) is 53.9 Å². The van der Waals surface area contributed by atoms with E-state index in [1.807, 2.05) is 20.2 Å². The van der Waals surface area contributed by atoms with Crippen molar-refractivity contribution < 1.29 is 53.4 Å². The van der Waals surface area contributed by atoms with E-state index in [1.54, 1.807) is 53.2 Å². The zero-order chi connectivity index (χ0) is 27.9. The summed E-state index contributed by atoms with van der Waals surface area (Å²) >= 11 is 0. The van der Waals surface area contributed by atoms with Crippen molar-refractivity contribution >= 4 is 11.7 Å². The number of Topliss-reactive ketones (excluding diaryl/α,β-unsaturated/α-hetero) is 1. The maximum absolute atomic E-state index is 13.6. The standard InChI is InChI=1S/C28H28N7O5.Na/c1-4-39-24-13-18(12-23(38-3)25(24)19-15-29-34(2)16-19)27(37)35-9-7-28(8-10-35)14-21(36)20-11-17(5-6-22(20)40-28)26-30-32-33-31-26;/h5-6,11-13,15-16H,4,7-10,14H2,1-3H3;/q-1;+1. The van der Waals surface area contributed by atoms with Gasteiger partial charge in [-0.3, -0.25) is 24.6 Å². The van der Waals surface area contributed by atoms with E-state index >= 15 is 0 Å². The summed E-state index contributed by atoms with van der Waals surface area (Å²) in [5, 5.41) is 19.0. The van der Waals surface area contributed by atoms with Crippen LogP contribution in [0.1, 0.15) is 46.9 Å². The fraction of sp³-hybridized carbons (Fsp3) is 0.357. The Kier molecular flexibility index (Phi) is 8.16. The van der Waals surface area contributed by atoms with E-state index in [1.165, 1.54) is 0 Å². The Morgan fingerprint density at radius 1 is 1.15 bits per heavy atom. The quantitative estimate of drug-likeness (QED) is 0.293. The smallest absolute Gasteiger partial charge is 0.496 e. The first-order valence-electron chi connectivity index (χ1n) is 13.1. The summed E-state index contributed by atoms with van der Waals surface area (Å²) in [7, 11) is 3.41. The number of aryl methyl sites for hydroxylation is 1. The van der Waals surface area contributed by atoms with Crippen molar-refractivity contribution in [3.63, 3.8) is 0 Å². The van der Waals surface area contributed by atoms with Crippen LogP contribution in [-0.2, 0) is 7.05 Å². The summed E-state index contributed by atoms with van der Waals surface area (Å²) in [5.74, 6) is 1.85. The number of ether oxygens (including phenoxy) is 3. The Labute approximate surface area is 258 Å². The van der Waals surface area contributed by atoms with Crippen LogP contribution in [0.3, 0.4) is 0 Å². The molecule has 4 heterocycles. The fourth-order valence-electron chi connectivity index (χ4n) is 5.45. The minimum Gasteiger partial charge on any atom is -0.496 e. The molecule has 0 radical (unpaired) electrons. The van der Waals surface area contributed by atoms with Gasteiger partial charge in [-0.05, 0) is 36.8 Å². The zero-order valence-electron chi connectivity index (χ0n) is 23.5. The molecule has 2 aromatic heterocycles. The number of rotatable bonds is 6. The number of nitrogens with zero attached hydrogens (tertiary/aromatic N) is 7. The van der Waals surface area contributed by atoms with E-state index in [-0.39, 0.29) is 47.7 Å². The van der Waals surface area contributed by atoms with Crippen molar-refractivity contribution in [3.8, 4) is 39.8 Å². The minimum atomic E-state index is -0.652. The molecule has 1 saturated heterocycles. The average Bonchev–Trinajstić information content (AvgIpc) is 3.65. The van der Waals surface area contributed by atoms with Crippen molar-refractivity contribution in [1.82, 2.24) is 35.3 Å². The van der Waals surface area contributed by atoms with Gasteiger partial charge in [-0.15, -0.1) is 0 Å². The van der Waals surface area contributed by atoms with Crippen LogP contribution >= 0.6 is 0 Å². The first-order chi connectivity index (χ1) is 19.4. The normalized spacial score (nSPS) is 15.6. The van der Waals surface area contributed by atoms with Crippen LogP contribution in [-0.4, -0.2) is 74.3 Å². The summed E-state index contributed by atoms with van der Waals surface area (Å²) in [6.07, 6.45) is 4.93. The molecular weight excluding hydrogens is 537 g/mol. The summed E-state index contributed by atoms with van der Waals surface area (Å²) < 4.78 is 19.7. The van der Waals surface area contributed by atoms with Gasteiger partial charge in [0.15, 0.2) is 5.78 Å². The second kappa shape index (κ2) is 11.6. The molecule has 4 aromatic rings. The zero-order valence-corrected chi connectivity index (χ0v) is 25.5. The van der Waals surface area contributed by atoms with Gasteiger partial charge in [-0.25, -0.2) is 0 Å². The Morgan fingerprint density at radius 3 is 2.59 bits per heavy atom. The van der Waals surface area contributed by atoms with E-state index in [0.717, 1.165) is 11.1 Å². The van der Waals surface area contributed by atoms with E-state index in [0.29, 0.717) is 72.3 Å². The third-order valence-corrected chi connectivity index (χ3v) is 7.45. The third kappa shape index (κ3) is 5.46. The van der Waals surface area contributed by atoms with Crippen LogP contribution in [0.2, 0.25) is 0 Å². The molecule has 0 aliphatic carbocycles. The average molecular weight is 566 g/mol. The number of methoxy groups -OCH3 is 1. The summed E-state index contributed by atoms with van der Waals surface area (Å²) in [4.78, 5) is 28.6. The van der Waals surface area contributed by atoms with Crippen molar-refractivity contribution in [2.24, 2.45) is 7.05 Å². The van der Waals surface area contributed by atoms with Crippen LogP contribution in [0.4, 0.5) is 0 Å². The first-order valence-corrected chi connectivity index (χ1v) is 13.1. The topological polar surface area (TPSA) is 136 Å². The molecule has 0 atom stereocenters. The monoisotopic (exact) mass is 565 g/mol. The number of aromatic nitrogens is 6. The van der Waals surface area contributed by atoms with Gasteiger partial charge in [0.2, 0.25) is 0 Å². The fourth-order valence-corrected chi connectivity index (χ4v) is 5.45. The van der Waals surface area contributed by atoms with Crippen LogP contribution in [0.15, 0.2) is 42.7 Å². The number of amides is 1. The van der Waals surface area contributed by atoms with Crippen LogP contribution < -0.4 is 48.9 Å². The predicted octanol–water partition coefficient (Wildman–Crippen LogP) is -0.0522. The van der Waals surface area contributed by atoms with Crippen LogP contribution in [0.25, 0.3) is 22.5 Å². The predicted molar refractivity (Wildman–Crippen MR) is 142 cm³/mol. The van der Waals surface area contributed by atoms with Crippen molar-refractivity contribution in [2.45, 2.75) is 31.8 Å². The van der Waals surface area contributed by atoms with Gasteiger partial charge < -0.3 is 24.2 Å². The number of hydrogen-bond acceptors (Lipinski definition) is 9. The molecular formula is C28H28N7NaO5. The van der Waals surface area contributed by atoms with E-state index in [2.05, 4.69) is 25.7 Å². The van der Waals surface area contributed by atoms with E-state index in [4.69, 9.17) is 14.2 Å². The number of likely N-dealkylation sites (tertiary alicyclic amines) is 1. The third-order valence-electron chi connectivity index (χ3n) is 7.45. The number of tetrazole rings is 1. The number of carbonyl (C=O) groups excluding carboxylic acids is 2. The van der Waals surface area contributed by atoms with E-state index < -0.39 is 5.60 Å². The summed E-state index contributed by atoms with van der Waals surface area (Å²) in [5.41, 5.74) is 2.56. The molecule has 1 amide bonds. The van der Waals surface area contributed by atoms with Gasteiger partial charge in [0.05, 0.1) is 37.5 Å². The SMILES string of the molecule is CCOc1cc(C(=O)N2CCC3(CC2)CC(=O)c2cc(-c4nnn[n-]4)ccc2O3)cc(OC)c1-c1cnn(C)c1.[Na+]. The first kappa shape index (κ1) is 28.8. The number of piperidine rings is 1. The number of carbonyl (C=O) groups is 2. The largest absolute Gasteiger partial charge is 1.00 e. The van der Waals surface area contributed by atoms with E-state index in [9.17, 15) is 9.59 Å². The second-order valence-corrected chi connectivity index (χ2v) is 9.98. The molecule has 0 N–H and O–H groups in total. The molecule has 0 saturated carbocycles. The number of ketones is 1. The Hall–Kier alpha value is -3.74. The molecule has 2 aliphatic rings. The molecule has 0 unspecified atom stereocenters. The van der Waals surface area contributed by atoms with Gasteiger partial charge in [0.1, 0.15) is 22.8 Å². The second-order valence-electron chi connectivity index (χ2n) is 9.98. The summed E-state index contributed by atoms with van der Waals surface area (Å²) in [6, 6.07) is 8.79. The molecule has 2 aromatic carbocycles. The Morgan fingerprint density at radius 2 is 1.93 bits per heavy atom. The minimum absolute atomic E-state index is 0. The summed E-state index contributed by atoms with van der Waals surface area (Å²) in [6.45, 7) is 3.23. The van der Waals surface area contributed by atoms with Gasteiger partial charge in [0.25, 0.3) is 5.91 Å². The van der Waals surface area contributed by atoms with Crippen molar-refractivity contribution in [1.29, 1.82) is 0 Å². The maximum Gasteiger partial charge on any atom is 1.00 e. The van der Waals surface area contributed by atoms with Crippen LogP contribution in [0.5, 0.6) is 17.2 Å². The van der Waals surface area contributed by atoms with Crippen molar-refractivity contribution in [2.75, 3.05) is 26.8 Å². The van der Waals surface area contributed by atoms with Gasteiger partial charge in [-0.2, -0.15) is 10.3 Å². The molecule has 6 rings (SSSR count). The molecule has 13 heteroatoms. The number of fused-ring (bicyclic) bond motifs is 1. The molecule has 41 heavy (non-hydrogen) atoms. The number of benzene rings is 2. The van der Waals surface area contributed by atoms with Gasteiger partial charge in [-0.1, -0.05) is 6.07 Å². The number of hydrogen-bond donors (Lipinski definition) is 0. The Balaban J connectivity index is 0.00000337. The molecule has 2 aliphatic heterocycles. The molecule has 206 valence electrons. The van der Waals surface area contributed by atoms with Gasteiger partial charge in [0, 0.05) is 56.1 Å². The molecule has 12 nitrogen and oxygen atoms in total. The van der Waals surface area contributed by atoms with Gasteiger partial charge >= 0.3 is 29.6 Å². The van der Waals surface area contributed by atoms with Crippen LogP contribution in [0, 0.1) is 0 Å². The molecule has 0 bridgehead atoms. The Bertz CT molecular complexity index is 1580. The maximum atomic E-state index is 13.6. The molecule has 1 spiro atoms. The molecule has 1 fully saturated rings.